The predicted octanol–water partition coefficient (Wildman–Crippen LogP) is 1.59. The molecule has 0 aliphatic carbocycles. The van der Waals surface area contributed by atoms with Crippen LogP contribution in [0, 0.1) is 11.8 Å². The van der Waals surface area contributed by atoms with Gasteiger partial charge in [0.2, 0.25) is 17.7 Å². The van der Waals surface area contributed by atoms with E-state index >= 15 is 0 Å². The summed E-state index contributed by atoms with van der Waals surface area (Å²) in [4.78, 5) is 38.3. The number of amides is 3. The van der Waals surface area contributed by atoms with Crippen LogP contribution in [0.1, 0.15) is 11.1 Å². The lowest BCUT2D eigenvalue weighted by Gasteiger charge is -2.27. The van der Waals surface area contributed by atoms with Gasteiger partial charge in [-0.05, 0) is 18.1 Å². The second-order valence-corrected chi connectivity index (χ2v) is 7.63. The molecule has 1 spiro atoms. The van der Waals surface area contributed by atoms with Crippen LogP contribution in [0.2, 0.25) is 5.02 Å². The van der Waals surface area contributed by atoms with Crippen molar-refractivity contribution in [3.63, 3.8) is 0 Å². The standard InChI is InChI=1S/C20H16ClN3O3/c21-12-8-4-7-11-16(12)22-19(27)20(11)15-14(17(25)23-18(15)26)13(24-20)9-10-5-2-1-3-6-10/h1-8,13-15,24H,9H2,(H,22,27)(H,23,25,26)/t13-,14+,15+,20-/m0/s1. The maximum absolute atomic E-state index is 13.1. The van der Waals surface area contributed by atoms with Gasteiger partial charge in [-0.1, -0.05) is 54.1 Å². The third kappa shape index (κ3) is 2.14. The molecule has 0 aromatic heterocycles. The van der Waals surface area contributed by atoms with Crippen LogP contribution in [0.3, 0.4) is 0 Å². The molecule has 4 atom stereocenters. The summed E-state index contributed by atoms with van der Waals surface area (Å²) in [5, 5.41) is 9.00. The Morgan fingerprint density at radius 3 is 2.48 bits per heavy atom. The summed E-state index contributed by atoms with van der Waals surface area (Å²) in [6.07, 6.45) is 0.535. The number of carbonyl (C=O) groups is 3. The van der Waals surface area contributed by atoms with Crippen molar-refractivity contribution in [1.82, 2.24) is 10.6 Å². The molecular formula is C20H16ClN3O3. The first kappa shape index (κ1) is 16.5. The van der Waals surface area contributed by atoms with Gasteiger partial charge in [-0.3, -0.25) is 25.0 Å². The largest absolute Gasteiger partial charge is 0.323 e. The number of benzene rings is 2. The lowest BCUT2D eigenvalue weighted by atomic mass is 9.76. The van der Waals surface area contributed by atoms with Crippen molar-refractivity contribution in [2.24, 2.45) is 11.8 Å². The fraction of sp³-hybridized carbons (Fsp3) is 0.250. The van der Waals surface area contributed by atoms with Crippen molar-refractivity contribution in [2.45, 2.75) is 18.0 Å². The molecule has 2 aromatic rings. The van der Waals surface area contributed by atoms with Gasteiger partial charge in [0.15, 0.2) is 0 Å². The van der Waals surface area contributed by atoms with E-state index in [1.165, 1.54) is 0 Å². The molecule has 2 saturated heterocycles. The summed E-state index contributed by atoms with van der Waals surface area (Å²) >= 11 is 6.26. The summed E-state index contributed by atoms with van der Waals surface area (Å²) in [7, 11) is 0. The zero-order valence-electron chi connectivity index (χ0n) is 14.2. The molecule has 6 nitrogen and oxygen atoms in total. The number of anilines is 1. The average Bonchev–Trinajstić information content (AvgIpc) is 3.24. The van der Waals surface area contributed by atoms with Crippen molar-refractivity contribution in [3.8, 4) is 0 Å². The molecule has 7 heteroatoms. The second kappa shape index (κ2) is 5.65. The van der Waals surface area contributed by atoms with Gasteiger partial charge in [0.05, 0.1) is 22.5 Å². The van der Waals surface area contributed by atoms with Crippen LogP contribution in [-0.2, 0) is 26.3 Å². The van der Waals surface area contributed by atoms with Gasteiger partial charge in [0.25, 0.3) is 0 Å². The highest BCUT2D eigenvalue weighted by atomic mass is 35.5. The highest BCUT2D eigenvalue weighted by Crippen LogP contribution is 2.52. The normalized spacial score (nSPS) is 31.0. The summed E-state index contributed by atoms with van der Waals surface area (Å²) in [5.41, 5.74) is 0.863. The number of hydrogen-bond acceptors (Lipinski definition) is 4. The number of hydrogen-bond donors (Lipinski definition) is 3. The molecule has 136 valence electrons. The van der Waals surface area contributed by atoms with Crippen LogP contribution in [-0.4, -0.2) is 23.8 Å². The van der Waals surface area contributed by atoms with E-state index in [1.54, 1.807) is 18.2 Å². The Balaban J connectivity index is 1.64. The maximum atomic E-state index is 13.1. The molecule has 3 aliphatic heterocycles. The van der Waals surface area contributed by atoms with E-state index in [0.717, 1.165) is 5.56 Å². The Morgan fingerprint density at radius 2 is 1.70 bits per heavy atom. The fourth-order valence-electron chi connectivity index (χ4n) is 4.76. The third-order valence-corrected chi connectivity index (χ3v) is 6.15. The molecule has 3 N–H and O–H groups in total. The van der Waals surface area contributed by atoms with Crippen molar-refractivity contribution >= 4 is 35.0 Å². The van der Waals surface area contributed by atoms with Gasteiger partial charge in [-0.15, -0.1) is 0 Å². The van der Waals surface area contributed by atoms with Crippen molar-refractivity contribution in [2.75, 3.05) is 5.32 Å². The SMILES string of the molecule is O=C1NC(=O)[C@H]2[C@H]1[C@H](Cc1ccccc1)N[C@]21C(=O)Nc2c(Cl)cccc21. The van der Waals surface area contributed by atoms with Crippen molar-refractivity contribution in [1.29, 1.82) is 0 Å². The van der Waals surface area contributed by atoms with Crippen LogP contribution in [0.25, 0.3) is 0 Å². The first-order valence-electron chi connectivity index (χ1n) is 8.79. The van der Waals surface area contributed by atoms with Gasteiger partial charge in [0.1, 0.15) is 5.54 Å². The van der Waals surface area contributed by atoms with E-state index in [2.05, 4.69) is 16.0 Å². The van der Waals surface area contributed by atoms with E-state index in [9.17, 15) is 14.4 Å². The molecule has 0 bridgehead atoms. The van der Waals surface area contributed by atoms with E-state index in [1.807, 2.05) is 30.3 Å². The van der Waals surface area contributed by atoms with E-state index in [0.29, 0.717) is 22.7 Å². The topological polar surface area (TPSA) is 87.3 Å². The molecule has 3 aliphatic rings. The Morgan fingerprint density at radius 1 is 0.926 bits per heavy atom. The summed E-state index contributed by atoms with van der Waals surface area (Å²) in [6.45, 7) is 0. The smallest absolute Gasteiger partial charge is 0.250 e. The molecule has 3 amide bonds. The number of carbonyl (C=O) groups excluding carboxylic acids is 3. The van der Waals surface area contributed by atoms with Crippen LogP contribution in [0.15, 0.2) is 48.5 Å². The molecule has 0 unspecified atom stereocenters. The van der Waals surface area contributed by atoms with Gasteiger partial charge in [-0.2, -0.15) is 0 Å². The van der Waals surface area contributed by atoms with Gasteiger partial charge in [-0.25, -0.2) is 0 Å². The van der Waals surface area contributed by atoms with Gasteiger partial charge < -0.3 is 5.32 Å². The van der Waals surface area contributed by atoms with Crippen molar-refractivity contribution < 1.29 is 14.4 Å². The van der Waals surface area contributed by atoms with Crippen LogP contribution < -0.4 is 16.0 Å². The summed E-state index contributed by atoms with van der Waals surface area (Å²) < 4.78 is 0. The zero-order chi connectivity index (χ0) is 18.8. The number of halogens is 1. The van der Waals surface area contributed by atoms with E-state index in [-0.39, 0.29) is 17.9 Å². The Bertz CT molecular complexity index is 993. The van der Waals surface area contributed by atoms with Gasteiger partial charge >= 0.3 is 0 Å². The lowest BCUT2D eigenvalue weighted by molar-refractivity contribution is -0.132. The number of fused-ring (bicyclic) bond motifs is 4. The highest BCUT2D eigenvalue weighted by molar-refractivity contribution is 6.35. The number of imide groups is 1. The summed E-state index contributed by atoms with van der Waals surface area (Å²) in [5.74, 6) is -2.53. The van der Waals surface area contributed by atoms with E-state index in [4.69, 9.17) is 11.6 Å². The Hall–Kier alpha value is -2.70. The molecule has 0 radical (unpaired) electrons. The van der Waals surface area contributed by atoms with Crippen LogP contribution in [0.4, 0.5) is 5.69 Å². The fourth-order valence-corrected chi connectivity index (χ4v) is 4.98. The first-order chi connectivity index (χ1) is 13.0. The lowest BCUT2D eigenvalue weighted by Crippen LogP contribution is -2.53. The quantitative estimate of drug-likeness (QED) is 0.689. The number of para-hydroxylation sites is 1. The third-order valence-electron chi connectivity index (χ3n) is 5.84. The van der Waals surface area contributed by atoms with Gasteiger partial charge in [0, 0.05) is 11.6 Å². The van der Waals surface area contributed by atoms with Crippen LogP contribution >= 0.6 is 11.6 Å². The molecule has 2 aromatic carbocycles. The number of nitrogens with one attached hydrogen (secondary N) is 3. The summed E-state index contributed by atoms with van der Waals surface area (Å²) in [6, 6.07) is 14.6. The van der Waals surface area contributed by atoms with Crippen molar-refractivity contribution in [3.05, 3.63) is 64.7 Å². The first-order valence-corrected chi connectivity index (χ1v) is 9.17. The molecule has 27 heavy (non-hydrogen) atoms. The Kier molecular flexibility index (Phi) is 3.44. The minimum Gasteiger partial charge on any atom is -0.323 e. The van der Waals surface area contributed by atoms with Crippen LogP contribution in [0.5, 0.6) is 0 Å². The average molecular weight is 382 g/mol. The Labute approximate surface area is 160 Å². The second-order valence-electron chi connectivity index (χ2n) is 7.22. The maximum Gasteiger partial charge on any atom is 0.250 e. The molecule has 3 heterocycles. The highest BCUT2D eigenvalue weighted by Gasteiger charge is 2.68. The predicted molar refractivity (Wildman–Crippen MR) is 99.0 cm³/mol. The molecular weight excluding hydrogens is 366 g/mol. The zero-order valence-corrected chi connectivity index (χ0v) is 14.9. The minimum atomic E-state index is -1.29. The minimum absolute atomic E-state index is 0.335. The molecule has 5 rings (SSSR count). The number of rotatable bonds is 2. The molecule has 0 saturated carbocycles. The monoisotopic (exact) mass is 381 g/mol. The van der Waals surface area contributed by atoms with E-state index < -0.39 is 23.3 Å². The molecule has 2 fully saturated rings.